The molecule has 0 radical (unpaired) electrons. The van der Waals surface area contributed by atoms with Crippen molar-refractivity contribution in [2.75, 3.05) is 51.8 Å². The number of carbonyl (C=O) groups is 1. The summed E-state index contributed by atoms with van der Waals surface area (Å²) in [6.07, 6.45) is 3.44. The zero-order chi connectivity index (χ0) is 25.2. The van der Waals surface area contributed by atoms with E-state index in [0.717, 1.165) is 39.4 Å². The number of ether oxygens (including phenoxy) is 2. The van der Waals surface area contributed by atoms with Crippen molar-refractivity contribution in [3.8, 4) is 17.1 Å². The Hall–Kier alpha value is -3.21. The van der Waals surface area contributed by atoms with Crippen LogP contribution in [0.4, 0.5) is 11.6 Å². The molecule has 1 amide bonds. The van der Waals surface area contributed by atoms with E-state index in [1.807, 2.05) is 21.8 Å². The number of carbonyl (C=O) groups excluding carboxylic acids is 1. The highest BCUT2D eigenvalue weighted by molar-refractivity contribution is 6.32. The quantitative estimate of drug-likeness (QED) is 0.515. The molecule has 1 aromatic carbocycles. The van der Waals surface area contributed by atoms with Gasteiger partial charge in [0, 0.05) is 50.0 Å². The monoisotopic (exact) mass is 511 g/mol. The normalized spacial score (nSPS) is 16.8. The summed E-state index contributed by atoms with van der Waals surface area (Å²) >= 11 is 6.37. The van der Waals surface area contributed by atoms with Crippen molar-refractivity contribution in [2.24, 2.45) is 0 Å². The van der Waals surface area contributed by atoms with Crippen LogP contribution in [0.1, 0.15) is 30.2 Å². The van der Waals surface area contributed by atoms with Crippen LogP contribution in [0.5, 0.6) is 5.75 Å². The van der Waals surface area contributed by atoms with Gasteiger partial charge < -0.3 is 19.7 Å². The fraction of sp³-hybridized carbons (Fsp3) is 0.440. The standard InChI is InChI=1S/C25H30ClN7O3/c1-16(2)33-7-6-21(30-33)23-19(26)13-27-25(29-23)28-20-5-4-17(12-22(20)35-3)24(34)32-14-18(15-32)31-8-10-36-11-9-31/h4-7,12-13,16,18H,8-11,14-15H2,1-3H3,(H,27,28,29). The van der Waals surface area contributed by atoms with Gasteiger partial charge in [0.05, 0.1) is 37.2 Å². The van der Waals surface area contributed by atoms with Crippen molar-refractivity contribution < 1.29 is 14.3 Å². The van der Waals surface area contributed by atoms with Gasteiger partial charge in [-0.2, -0.15) is 5.10 Å². The van der Waals surface area contributed by atoms with E-state index in [-0.39, 0.29) is 11.9 Å². The maximum Gasteiger partial charge on any atom is 0.254 e. The highest BCUT2D eigenvalue weighted by Crippen LogP contribution is 2.31. The molecule has 1 N–H and O–H groups in total. The first-order valence-corrected chi connectivity index (χ1v) is 12.4. The molecule has 0 spiro atoms. The Labute approximate surface area is 215 Å². The summed E-state index contributed by atoms with van der Waals surface area (Å²) in [4.78, 5) is 26.2. The number of methoxy groups -OCH3 is 1. The Morgan fingerprint density at radius 3 is 2.69 bits per heavy atom. The lowest BCUT2D eigenvalue weighted by Gasteiger charge is -2.46. The van der Waals surface area contributed by atoms with Crippen molar-refractivity contribution >= 4 is 29.1 Å². The summed E-state index contributed by atoms with van der Waals surface area (Å²) in [5, 5.41) is 8.15. The Morgan fingerprint density at radius 2 is 2.00 bits per heavy atom. The SMILES string of the molecule is COc1cc(C(=O)N2CC(N3CCOCC3)C2)ccc1Nc1ncc(Cl)c(-c2ccn(C(C)C)n2)n1. The molecule has 190 valence electrons. The number of nitrogens with one attached hydrogen (secondary N) is 1. The molecule has 4 heterocycles. The van der Waals surface area contributed by atoms with Gasteiger partial charge in [-0.25, -0.2) is 9.97 Å². The number of rotatable bonds is 7. The number of amides is 1. The van der Waals surface area contributed by atoms with Crippen LogP contribution in [-0.4, -0.2) is 88.0 Å². The highest BCUT2D eigenvalue weighted by Gasteiger charge is 2.35. The molecule has 0 bridgehead atoms. The van der Waals surface area contributed by atoms with Crippen molar-refractivity contribution in [3.05, 3.63) is 47.2 Å². The minimum Gasteiger partial charge on any atom is -0.495 e. The molecule has 2 aliphatic rings. The third kappa shape index (κ3) is 5.02. The molecule has 2 saturated heterocycles. The van der Waals surface area contributed by atoms with Gasteiger partial charge in [-0.1, -0.05) is 11.6 Å². The predicted octanol–water partition coefficient (Wildman–Crippen LogP) is 3.48. The van der Waals surface area contributed by atoms with Crippen LogP contribution in [0, 0.1) is 0 Å². The molecule has 0 atom stereocenters. The van der Waals surface area contributed by atoms with Crippen LogP contribution in [0.25, 0.3) is 11.4 Å². The molecule has 2 aliphatic heterocycles. The summed E-state index contributed by atoms with van der Waals surface area (Å²) in [6.45, 7) is 8.94. The number of hydrogen-bond acceptors (Lipinski definition) is 8. The zero-order valence-corrected chi connectivity index (χ0v) is 21.4. The number of nitrogens with zero attached hydrogens (tertiary/aromatic N) is 6. The molecular formula is C25H30ClN7O3. The van der Waals surface area contributed by atoms with Crippen molar-refractivity contribution in [2.45, 2.75) is 25.9 Å². The van der Waals surface area contributed by atoms with E-state index in [0.29, 0.717) is 45.4 Å². The Morgan fingerprint density at radius 1 is 1.22 bits per heavy atom. The fourth-order valence-corrected chi connectivity index (χ4v) is 4.57. The van der Waals surface area contributed by atoms with E-state index in [9.17, 15) is 4.79 Å². The van der Waals surface area contributed by atoms with Crippen molar-refractivity contribution in [1.29, 1.82) is 0 Å². The van der Waals surface area contributed by atoms with Crippen LogP contribution in [-0.2, 0) is 4.74 Å². The molecule has 2 aromatic heterocycles. The zero-order valence-electron chi connectivity index (χ0n) is 20.6. The number of likely N-dealkylation sites (tertiary alicyclic amines) is 1. The second kappa shape index (κ2) is 10.4. The summed E-state index contributed by atoms with van der Waals surface area (Å²) in [6, 6.07) is 7.84. The van der Waals surface area contributed by atoms with Crippen LogP contribution >= 0.6 is 11.6 Å². The predicted molar refractivity (Wildman–Crippen MR) is 137 cm³/mol. The number of anilines is 2. The van der Waals surface area contributed by atoms with Gasteiger partial charge in [-0.3, -0.25) is 14.4 Å². The number of benzene rings is 1. The van der Waals surface area contributed by atoms with Gasteiger partial charge >= 0.3 is 0 Å². The number of halogens is 1. The molecule has 5 rings (SSSR count). The fourth-order valence-electron chi connectivity index (χ4n) is 4.38. The van der Waals surface area contributed by atoms with Gasteiger partial charge in [0.1, 0.15) is 17.1 Å². The maximum atomic E-state index is 13.0. The topological polar surface area (TPSA) is 97.6 Å². The molecule has 0 unspecified atom stereocenters. The van der Waals surface area contributed by atoms with Crippen molar-refractivity contribution in [1.82, 2.24) is 29.5 Å². The van der Waals surface area contributed by atoms with Gasteiger partial charge in [-0.15, -0.1) is 0 Å². The molecule has 2 fully saturated rings. The van der Waals surface area contributed by atoms with Crippen LogP contribution in [0.2, 0.25) is 5.02 Å². The Kier molecular flexibility index (Phi) is 7.08. The van der Waals surface area contributed by atoms with Gasteiger partial charge in [-0.05, 0) is 38.1 Å². The molecule has 11 heteroatoms. The first-order chi connectivity index (χ1) is 17.4. The minimum atomic E-state index is -0.00451. The smallest absolute Gasteiger partial charge is 0.254 e. The third-order valence-corrected chi connectivity index (χ3v) is 6.81. The van der Waals surface area contributed by atoms with E-state index in [2.05, 4.69) is 39.1 Å². The lowest BCUT2D eigenvalue weighted by Crippen LogP contribution is -2.62. The molecule has 3 aromatic rings. The second-order valence-electron chi connectivity index (χ2n) is 9.22. The summed E-state index contributed by atoms with van der Waals surface area (Å²) < 4.78 is 12.8. The average molecular weight is 512 g/mol. The lowest BCUT2D eigenvalue weighted by atomic mass is 10.0. The largest absolute Gasteiger partial charge is 0.495 e. The Balaban J connectivity index is 1.29. The number of aromatic nitrogens is 4. The van der Waals surface area contributed by atoms with E-state index >= 15 is 0 Å². The second-order valence-corrected chi connectivity index (χ2v) is 9.62. The summed E-state index contributed by atoms with van der Waals surface area (Å²) in [5.74, 6) is 0.868. The van der Waals surface area contributed by atoms with Crippen molar-refractivity contribution in [3.63, 3.8) is 0 Å². The van der Waals surface area contributed by atoms with E-state index in [4.69, 9.17) is 21.1 Å². The van der Waals surface area contributed by atoms with Crippen LogP contribution in [0.3, 0.4) is 0 Å². The Bertz CT molecular complexity index is 1240. The molecule has 10 nitrogen and oxygen atoms in total. The molecular weight excluding hydrogens is 482 g/mol. The lowest BCUT2D eigenvalue weighted by molar-refractivity contribution is -0.0256. The maximum absolute atomic E-state index is 13.0. The number of morpholine rings is 1. The van der Waals surface area contributed by atoms with Gasteiger partial charge in [0.25, 0.3) is 5.91 Å². The van der Waals surface area contributed by atoms with E-state index in [1.165, 1.54) is 0 Å². The summed E-state index contributed by atoms with van der Waals surface area (Å²) in [5.41, 5.74) is 2.42. The van der Waals surface area contributed by atoms with Crippen LogP contribution < -0.4 is 10.1 Å². The first-order valence-electron chi connectivity index (χ1n) is 12.1. The van der Waals surface area contributed by atoms with Crippen LogP contribution in [0.15, 0.2) is 36.7 Å². The number of hydrogen-bond donors (Lipinski definition) is 1. The third-order valence-electron chi connectivity index (χ3n) is 6.53. The van der Waals surface area contributed by atoms with Gasteiger partial charge in [0.2, 0.25) is 5.95 Å². The minimum absolute atomic E-state index is 0.00451. The molecule has 0 saturated carbocycles. The van der Waals surface area contributed by atoms with Gasteiger partial charge in [0.15, 0.2) is 0 Å². The summed E-state index contributed by atoms with van der Waals surface area (Å²) in [7, 11) is 1.57. The molecule has 36 heavy (non-hydrogen) atoms. The highest BCUT2D eigenvalue weighted by atomic mass is 35.5. The average Bonchev–Trinajstić information content (AvgIpc) is 3.36. The first kappa shape index (κ1) is 24.5. The molecule has 0 aliphatic carbocycles. The van der Waals surface area contributed by atoms with E-state index in [1.54, 1.807) is 31.5 Å². The van der Waals surface area contributed by atoms with E-state index < -0.39 is 0 Å².